The smallest absolute Gasteiger partial charge is 0.101 e. The lowest BCUT2D eigenvalue weighted by Gasteiger charge is -1.94. The highest BCUT2D eigenvalue weighted by molar-refractivity contribution is 5.78. The van der Waals surface area contributed by atoms with Crippen molar-refractivity contribution in [3.8, 4) is 6.07 Å². The third-order valence-corrected chi connectivity index (χ3v) is 1.61. The zero-order chi connectivity index (χ0) is 8.39. The second kappa shape index (κ2) is 2.59. The summed E-state index contributed by atoms with van der Waals surface area (Å²) in [6.07, 6.45) is 4.94. The molecule has 12 heavy (non-hydrogen) atoms. The van der Waals surface area contributed by atoms with Crippen molar-refractivity contribution in [3.05, 3.63) is 36.3 Å². The van der Waals surface area contributed by atoms with Crippen LogP contribution >= 0.6 is 0 Å². The normalized spacial score (nSPS) is 9.58. The van der Waals surface area contributed by atoms with Crippen LogP contribution in [0, 0.1) is 11.3 Å². The van der Waals surface area contributed by atoms with Gasteiger partial charge in [0.2, 0.25) is 0 Å². The van der Waals surface area contributed by atoms with Gasteiger partial charge in [-0.3, -0.25) is 9.97 Å². The second-order valence-corrected chi connectivity index (χ2v) is 2.40. The van der Waals surface area contributed by atoms with Crippen LogP contribution in [0.25, 0.3) is 10.9 Å². The van der Waals surface area contributed by atoms with E-state index < -0.39 is 0 Å². The number of nitrogens with zero attached hydrogens (tertiary/aromatic N) is 3. The maximum absolute atomic E-state index is 8.59. The minimum atomic E-state index is 0.565. The van der Waals surface area contributed by atoms with Crippen molar-refractivity contribution in [1.82, 2.24) is 9.97 Å². The lowest BCUT2D eigenvalue weighted by atomic mass is 10.2. The molecule has 0 aliphatic carbocycles. The van der Waals surface area contributed by atoms with E-state index in [-0.39, 0.29) is 0 Å². The third kappa shape index (κ3) is 0.995. The Labute approximate surface area is 69.3 Å². The first-order chi connectivity index (χ1) is 5.90. The van der Waals surface area contributed by atoms with Crippen molar-refractivity contribution in [3.63, 3.8) is 0 Å². The fourth-order valence-corrected chi connectivity index (χ4v) is 1.03. The van der Waals surface area contributed by atoms with Crippen molar-refractivity contribution in [2.45, 2.75) is 0 Å². The molecule has 0 amide bonds. The maximum Gasteiger partial charge on any atom is 0.101 e. The largest absolute Gasteiger partial charge is 0.264 e. The summed E-state index contributed by atoms with van der Waals surface area (Å²) in [5.74, 6) is 0. The van der Waals surface area contributed by atoms with Gasteiger partial charge in [0, 0.05) is 24.0 Å². The Balaban J connectivity index is 2.78. The zero-order valence-corrected chi connectivity index (χ0v) is 6.23. The molecule has 0 atom stereocenters. The van der Waals surface area contributed by atoms with E-state index in [1.54, 1.807) is 24.7 Å². The fourth-order valence-electron chi connectivity index (χ4n) is 1.03. The number of fused-ring (bicyclic) bond motifs is 1. The highest BCUT2D eigenvalue weighted by atomic mass is 14.7. The van der Waals surface area contributed by atoms with E-state index in [1.807, 2.05) is 12.1 Å². The van der Waals surface area contributed by atoms with Gasteiger partial charge in [-0.25, -0.2) is 0 Å². The van der Waals surface area contributed by atoms with Gasteiger partial charge in [0.1, 0.15) is 6.07 Å². The molecule has 0 aromatic carbocycles. The summed E-state index contributed by atoms with van der Waals surface area (Å²) < 4.78 is 0. The molecule has 0 saturated heterocycles. The molecule has 0 bridgehead atoms. The van der Waals surface area contributed by atoms with Crippen LogP contribution in [0.2, 0.25) is 0 Å². The molecular weight excluding hydrogens is 150 g/mol. The van der Waals surface area contributed by atoms with E-state index in [0.717, 1.165) is 10.9 Å². The van der Waals surface area contributed by atoms with Gasteiger partial charge in [-0.1, -0.05) is 0 Å². The maximum atomic E-state index is 8.59. The van der Waals surface area contributed by atoms with Gasteiger partial charge in [-0.05, 0) is 12.1 Å². The minimum absolute atomic E-state index is 0.565. The van der Waals surface area contributed by atoms with Gasteiger partial charge in [-0.15, -0.1) is 0 Å². The van der Waals surface area contributed by atoms with Crippen LogP contribution in [0.15, 0.2) is 30.7 Å². The first kappa shape index (κ1) is 6.74. The molecule has 0 spiro atoms. The summed E-state index contributed by atoms with van der Waals surface area (Å²) in [7, 11) is 0. The minimum Gasteiger partial charge on any atom is -0.264 e. The highest BCUT2D eigenvalue weighted by Gasteiger charge is 1.94. The average molecular weight is 155 g/mol. The summed E-state index contributed by atoms with van der Waals surface area (Å²) >= 11 is 0. The number of aromatic nitrogens is 2. The lowest BCUT2D eigenvalue weighted by molar-refractivity contribution is 1.31. The molecule has 56 valence electrons. The van der Waals surface area contributed by atoms with Crippen molar-refractivity contribution in [2.75, 3.05) is 0 Å². The monoisotopic (exact) mass is 155 g/mol. The Kier molecular flexibility index (Phi) is 1.45. The van der Waals surface area contributed by atoms with Crippen molar-refractivity contribution >= 4 is 10.9 Å². The number of hydrogen-bond donors (Lipinski definition) is 0. The number of pyridine rings is 2. The summed E-state index contributed by atoms with van der Waals surface area (Å²) in [5, 5.41) is 9.49. The van der Waals surface area contributed by atoms with Crippen molar-refractivity contribution in [2.24, 2.45) is 0 Å². The van der Waals surface area contributed by atoms with E-state index in [2.05, 4.69) is 9.97 Å². The Morgan fingerprint density at radius 2 is 2.25 bits per heavy atom. The molecule has 0 aliphatic rings. The Morgan fingerprint density at radius 3 is 3.08 bits per heavy atom. The molecule has 0 fully saturated rings. The lowest BCUT2D eigenvalue weighted by Crippen LogP contribution is -1.82. The SMILES string of the molecule is N#Cc1cnc2ccncc2c1. The molecule has 0 aliphatic heterocycles. The van der Waals surface area contributed by atoms with Gasteiger partial charge in [0.25, 0.3) is 0 Å². The number of hydrogen-bond acceptors (Lipinski definition) is 3. The quantitative estimate of drug-likeness (QED) is 0.579. The topological polar surface area (TPSA) is 49.6 Å². The average Bonchev–Trinajstić information content (AvgIpc) is 2.17. The van der Waals surface area contributed by atoms with Crippen LogP contribution < -0.4 is 0 Å². The fraction of sp³-hybridized carbons (Fsp3) is 0. The third-order valence-electron chi connectivity index (χ3n) is 1.61. The van der Waals surface area contributed by atoms with Crippen molar-refractivity contribution < 1.29 is 0 Å². The molecule has 0 saturated carbocycles. The van der Waals surface area contributed by atoms with Crippen LogP contribution in [-0.4, -0.2) is 9.97 Å². The molecule has 2 aromatic rings. The molecule has 0 unspecified atom stereocenters. The number of nitriles is 1. The van der Waals surface area contributed by atoms with Crippen LogP contribution in [0.4, 0.5) is 0 Å². The Morgan fingerprint density at radius 1 is 1.33 bits per heavy atom. The summed E-state index contributed by atoms with van der Waals surface area (Å²) in [5.41, 5.74) is 1.43. The van der Waals surface area contributed by atoms with Crippen LogP contribution in [0.1, 0.15) is 5.56 Å². The summed E-state index contributed by atoms with van der Waals surface area (Å²) in [6.45, 7) is 0. The predicted octanol–water partition coefficient (Wildman–Crippen LogP) is 1.50. The van der Waals surface area contributed by atoms with Gasteiger partial charge >= 0.3 is 0 Å². The molecule has 3 heteroatoms. The van der Waals surface area contributed by atoms with Crippen LogP contribution in [-0.2, 0) is 0 Å². The molecule has 0 radical (unpaired) electrons. The highest BCUT2D eigenvalue weighted by Crippen LogP contribution is 2.09. The van der Waals surface area contributed by atoms with E-state index in [4.69, 9.17) is 5.26 Å². The van der Waals surface area contributed by atoms with E-state index in [0.29, 0.717) is 5.56 Å². The summed E-state index contributed by atoms with van der Waals surface area (Å²) in [6, 6.07) is 5.62. The van der Waals surface area contributed by atoms with Crippen molar-refractivity contribution in [1.29, 1.82) is 5.26 Å². The molecule has 2 heterocycles. The number of rotatable bonds is 0. The standard InChI is InChI=1S/C9H5N3/c10-4-7-3-8-6-11-2-1-9(8)12-5-7/h1-3,5-6H. The van der Waals surface area contributed by atoms with E-state index in [1.165, 1.54) is 0 Å². The van der Waals surface area contributed by atoms with Crippen LogP contribution in [0.3, 0.4) is 0 Å². The Hall–Kier alpha value is -1.95. The van der Waals surface area contributed by atoms with Crippen LogP contribution in [0.5, 0.6) is 0 Å². The molecular formula is C9H5N3. The Bertz CT molecular complexity index is 457. The molecule has 3 nitrogen and oxygen atoms in total. The van der Waals surface area contributed by atoms with E-state index in [9.17, 15) is 0 Å². The van der Waals surface area contributed by atoms with Gasteiger partial charge in [0.15, 0.2) is 0 Å². The van der Waals surface area contributed by atoms with Gasteiger partial charge in [-0.2, -0.15) is 5.26 Å². The molecule has 2 aromatic heterocycles. The first-order valence-corrected chi connectivity index (χ1v) is 3.50. The summed E-state index contributed by atoms with van der Waals surface area (Å²) in [4.78, 5) is 8.03. The molecule has 0 N–H and O–H groups in total. The first-order valence-electron chi connectivity index (χ1n) is 3.50. The second-order valence-electron chi connectivity index (χ2n) is 2.40. The zero-order valence-electron chi connectivity index (χ0n) is 6.23. The van der Waals surface area contributed by atoms with Gasteiger partial charge in [0.05, 0.1) is 11.1 Å². The predicted molar refractivity (Wildman–Crippen MR) is 44.3 cm³/mol. The van der Waals surface area contributed by atoms with Gasteiger partial charge < -0.3 is 0 Å². The van der Waals surface area contributed by atoms with E-state index >= 15 is 0 Å². The molecule has 2 rings (SSSR count).